The third-order valence-corrected chi connectivity index (χ3v) is 5.06. The number of H-pyrrole nitrogens is 1. The summed E-state index contributed by atoms with van der Waals surface area (Å²) in [4.78, 5) is 27.9. The Morgan fingerprint density at radius 3 is 2.43 bits per heavy atom. The topological polar surface area (TPSA) is 97.2 Å². The molecule has 0 spiro atoms. The first-order valence-electron chi connectivity index (χ1n) is 8.31. The van der Waals surface area contributed by atoms with Crippen LogP contribution in [0.1, 0.15) is 10.4 Å². The second-order valence-corrected chi connectivity index (χ2v) is 6.81. The van der Waals surface area contributed by atoms with Crippen molar-refractivity contribution in [2.24, 2.45) is 0 Å². The minimum Gasteiger partial charge on any atom is -0.497 e. The third kappa shape index (κ3) is 3.33. The van der Waals surface area contributed by atoms with Gasteiger partial charge in [0.15, 0.2) is 0 Å². The summed E-state index contributed by atoms with van der Waals surface area (Å²) in [7, 11) is 1.60. The lowest BCUT2D eigenvalue weighted by molar-refractivity contribution is 0.0697. The number of hydrogen-bond acceptors (Lipinski definition) is 5. The van der Waals surface area contributed by atoms with E-state index in [-0.39, 0.29) is 11.1 Å². The zero-order valence-electron chi connectivity index (χ0n) is 14.7. The maximum absolute atomic E-state index is 12.4. The van der Waals surface area contributed by atoms with Crippen LogP contribution in [0.2, 0.25) is 0 Å². The Kier molecular flexibility index (Phi) is 4.54. The lowest BCUT2D eigenvalue weighted by atomic mass is 10.1. The van der Waals surface area contributed by atoms with E-state index in [9.17, 15) is 9.59 Å². The van der Waals surface area contributed by atoms with Crippen LogP contribution in [0.4, 0.5) is 0 Å². The number of nitrogens with zero attached hydrogens (tertiary/aromatic N) is 2. The lowest BCUT2D eigenvalue weighted by Crippen LogP contribution is -2.12. The van der Waals surface area contributed by atoms with Crippen molar-refractivity contribution in [1.29, 1.82) is 0 Å². The number of rotatable bonds is 5. The first-order chi connectivity index (χ1) is 13.5. The molecule has 4 rings (SSSR count). The summed E-state index contributed by atoms with van der Waals surface area (Å²) < 4.78 is 6.54. The summed E-state index contributed by atoms with van der Waals surface area (Å²) in [6.45, 7) is 0. The molecule has 28 heavy (non-hydrogen) atoms. The maximum atomic E-state index is 12.4. The Balaban J connectivity index is 1.64. The average Bonchev–Trinajstić information content (AvgIpc) is 3.35. The molecule has 0 aliphatic rings. The van der Waals surface area contributed by atoms with E-state index < -0.39 is 5.97 Å². The van der Waals surface area contributed by atoms with Gasteiger partial charge in [0, 0.05) is 17.0 Å². The number of carbonyl (C=O) groups is 1. The number of methoxy groups -OCH3 is 1. The molecule has 0 atom stereocenters. The molecular weight excluding hydrogens is 378 g/mol. The predicted octanol–water partition coefficient (Wildman–Crippen LogP) is 3.66. The summed E-state index contributed by atoms with van der Waals surface area (Å²) in [5.41, 5.74) is 2.98. The Morgan fingerprint density at radius 2 is 1.79 bits per heavy atom. The van der Waals surface area contributed by atoms with E-state index >= 15 is 0 Å². The number of aromatic nitrogens is 3. The fourth-order valence-electron chi connectivity index (χ4n) is 2.74. The molecule has 8 heteroatoms. The van der Waals surface area contributed by atoms with Crippen molar-refractivity contribution in [3.63, 3.8) is 0 Å². The summed E-state index contributed by atoms with van der Waals surface area (Å²) in [6, 6.07) is 15.4. The van der Waals surface area contributed by atoms with Crippen LogP contribution in [0.5, 0.6) is 5.75 Å². The van der Waals surface area contributed by atoms with E-state index in [1.807, 2.05) is 29.6 Å². The zero-order chi connectivity index (χ0) is 19.7. The van der Waals surface area contributed by atoms with Crippen LogP contribution < -0.4 is 10.3 Å². The van der Waals surface area contributed by atoms with Gasteiger partial charge >= 0.3 is 5.97 Å². The number of aromatic carboxylic acids is 1. The Bertz CT molecular complexity index is 1190. The molecule has 0 aliphatic carbocycles. The van der Waals surface area contributed by atoms with E-state index in [4.69, 9.17) is 9.84 Å². The summed E-state index contributed by atoms with van der Waals surface area (Å²) in [5.74, 6) is -0.237. The quantitative estimate of drug-likeness (QED) is 0.539. The summed E-state index contributed by atoms with van der Waals surface area (Å²) in [6.07, 6.45) is 0. The molecule has 0 fully saturated rings. The molecule has 4 aromatic rings. The molecule has 0 saturated carbocycles. The fourth-order valence-corrected chi connectivity index (χ4v) is 3.54. The zero-order valence-corrected chi connectivity index (χ0v) is 15.6. The minimum atomic E-state index is -0.977. The monoisotopic (exact) mass is 393 g/mol. The fraction of sp³-hybridized carbons (Fsp3) is 0.0500. The van der Waals surface area contributed by atoms with Crippen molar-refractivity contribution in [3.05, 3.63) is 75.9 Å². The smallest absolute Gasteiger partial charge is 0.335 e. The number of ether oxygens (including phenoxy) is 1. The van der Waals surface area contributed by atoms with Crippen LogP contribution in [-0.4, -0.2) is 33.0 Å². The van der Waals surface area contributed by atoms with Gasteiger partial charge in [-0.25, -0.2) is 9.78 Å². The van der Waals surface area contributed by atoms with Gasteiger partial charge < -0.3 is 9.84 Å². The van der Waals surface area contributed by atoms with Gasteiger partial charge in [0.05, 0.1) is 24.1 Å². The molecule has 0 aliphatic heterocycles. The molecule has 0 saturated heterocycles. The van der Waals surface area contributed by atoms with E-state index in [0.29, 0.717) is 16.5 Å². The molecule has 0 unspecified atom stereocenters. The van der Waals surface area contributed by atoms with E-state index in [1.165, 1.54) is 34.2 Å². The van der Waals surface area contributed by atoms with Crippen LogP contribution in [-0.2, 0) is 0 Å². The number of thiazole rings is 1. The van der Waals surface area contributed by atoms with Crippen LogP contribution in [0.25, 0.3) is 27.6 Å². The number of carboxylic acid groups (broad SMARTS) is 1. The van der Waals surface area contributed by atoms with Gasteiger partial charge in [-0.15, -0.1) is 11.3 Å². The number of hydrogen-bond donors (Lipinski definition) is 2. The Morgan fingerprint density at radius 1 is 1.11 bits per heavy atom. The van der Waals surface area contributed by atoms with Crippen molar-refractivity contribution in [2.75, 3.05) is 7.11 Å². The largest absolute Gasteiger partial charge is 0.497 e. The number of aromatic amines is 1. The molecule has 0 amide bonds. The molecule has 0 bridgehead atoms. The SMILES string of the molecule is COc1ccc(-c2cc(=O)n(-c3nc(-c4ccc(C(=O)O)cc4)cs3)[nH]2)cc1. The van der Waals surface area contributed by atoms with E-state index in [0.717, 1.165) is 16.9 Å². The summed E-state index contributed by atoms with van der Waals surface area (Å²) in [5, 5.41) is 14.4. The van der Waals surface area contributed by atoms with Gasteiger partial charge in [0.1, 0.15) is 5.75 Å². The number of nitrogens with one attached hydrogen (secondary N) is 1. The van der Waals surface area contributed by atoms with Crippen molar-refractivity contribution >= 4 is 17.3 Å². The molecule has 0 radical (unpaired) electrons. The standard InChI is InChI=1S/C20H15N3O4S/c1-27-15-8-6-12(7-9-15)16-10-18(24)23(22-16)20-21-17(11-28-20)13-2-4-14(5-3-13)19(25)26/h2-11,22H,1H3,(H,25,26). The number of carboxylic acids is 1. The maximum Gasteiger partial charge on any atom is 0.335 e. The van der Waals surface area contributed by atoms with Gasteiger partial charge in [-0.3, -0.25) is 9.89 Å². The van der Waals surface area contributed by atoms with E-state index in [2.05, 4.69) is 10.1 Å². The first kappa shape index (κ1) is 17.7. The highest BCUT2D eigenvalue weighted by Gasteiger charge is 2.12. The molecule has 2 aromatic carbocycles. The normalized spacial score (nSPS) is 10.8. The number of benzene rings is 2. The van der Waals surface area contributed by atoms with Gasteiger partial charge in [0.2, 0.25) is 5.13 Å². The van der Waals surface area contributed by atoms with Gasteiger partial charge in [-0.1, -0.05) is 12.1 Å². The first-order valence-corrected chi connectivity index (χ1v) is 9.19. The van der Waals surface area contributed by atoms with E-state index in [1.54, 1.807) is 19.2 Å². The molecule has 140 valence electrons. The van der Waals surface area contributed by atoms with Gasteiger partial charge in [0.25, 0.3) is 5.56 Å². The Hall–Kier alpha value is -3.65. The third-order valence-electron chi connectivity index (χ3n) is 4.23. The highest BCUT2D eigenvalue weighted by Crippen LogP contribution is 2.25. The highest BCUT2D eigenvalue weighted by molar-refractivity contribution is 7.12. The second kappa shape index (κ2) is 7.16. The average molecular weight is 393 g/mol. The van der Waals surface area contributed by atoms with Crippen LogP contribution in [0, 0.1) is 0 Å². The van der Waals surface area contributed by atoms with Crippen LogP contribution >= 0.6 is 11.3 Å². The predicted molar refractivity (Wildman–Crippen MR) is 106 cm³/mol. The van der Waals surface area contributed by atoms with Crippen molar-refractivity contribution < 1.29 is 14.6 Å². The molecule has 2 heterocycles. The summed E-state index contributed by atoms with van der Waals surface area (Å²) >= 11 is 1.32. The van der Waals surface area contributed by atoms with Crippen LogP contribution in [0.15, 0.2) is 64.8 Å². The molecular formula is C20H15N3O4S. The second-order valence-electron chi connectivity index (χ2n) is 5.97. The molecule has 2 aromatic heterocycles. The van der Waals surface area contributed by atoms with Gasteiger partial charge in [-0.2, -0.15) is 4.68 Å². The minimum absolute atomic E-state index is 0.212. The van der Waals surface area contributed by atoms with Gasteiger partial charge in [-0.05, 0) is 42.0 Å². The van der Waals surface area contributed by atoms with Crippen molar-refractivity contribution in [2.45, 2.75) is 0 Å². The van der Waals surface area contributed by atoms with Crippen LogP contribution in [0.3, 0.4) is 0 Å². The highest BCUT2D eigenvalue weighted by atomic mass is 32.1. The Labute approximate surface area is 163 Å². The molecule has 7 nitrogen and oxygen atoms in total. The molecule has 2 N–H and O–H groups in total. The lowest BCUT2D eigenvalue weighted by Gasteiger charge is -2.01. The van der Waals surface area contributed by atoms with Crippen molar-refractivity contribution in [1.82, 2.24) is 14.8 Å². The van der Waals surface area contributed by atoms with Crippen molar-refractivity contribution in [3.8, 4) is 33.4 Å².